The first kappa shape index (κ1) is 9.62. The van der Waals surface area contributed by atoms with Crippen LogP contribution < -0.4 is 5.73 Å². The smallest absolute Gasteiger partial charge is 0.0907 e. The van der Waals surface area contributed by atoms with Gasteiger partial charge in [-0.2, -0.15) is 0 Å². The van der Waals surface area contributed by atoms with Gasteiger partial charge in [0.25, 0.3) is 0 Å². The van der Waals surface area contributed by atoms with E-state index >= 15 is 0 Å². The van der Waals surface area contributed by atoms with E-state index in [1.54, 1.807) is 11.3 Å². The van der Waals surface area contributed by atoms with E-state index in [9.17, 15) is 0 Å². The standard InChI is InChI=1S/C11H14N2S/c1-8-13-10-5-4-9(3-2-6-12)7-11(10)14-8/h4-5,7H,2-3,6,12H2,1H3. The summed E-state index contributed by atoms with van der Waals surface area (Å²) in [6.45, 7) is 2.81. The molecule has 0 saturated heterocycles. The lowest BCUT2D eigenvalue weighted by molar-refractivity contribution is 0.833. The van der Waals surface area contributed by atoms with Crippen molar-refractivity contribution in [2.75, 3.05) is 6.54 Å². The molecular weight excluding hydrogens is 192 g/mol. The molecule has 0 bridgehead atoms. The fourth-order valence-electron chi connectivity index (χ4n) is 1.55. The van der Waals surface area contributed by atoms with Gasteiger partial charge in [0, 0.05) is 0 Å². The van der Waals surface area contributed by atoms with Crippen LogP contribution in [0.2, 0.25) is 0 Å². The van der Waals surface area contributed by atoms with Gasteiger partial charge in [-0.05, 0) is 44.0 Å². The van der Waals surface area contributed by atoms with Gasteiger partial charge < -0.3 is 5.73 Å². The fourth-order valence-corrected chi connectivity index (χ4v) is 2.44. The van der Waals surface area contributed by atoms with E-state index in [1.807, 2.05) is 6.92 Å². The van der Waals surface area contributed by atoms with Gasteiger partial charge in [-0.3, -0.25) is 0 Å². The number of nitrogens with two attached hydrogens (primary N) is 1. The molecule has 2 N–H and O–H groups in total. The molecule has 0 aliphatic rings. The Kier molecular flexibility index (Phi) is 2.79. The number of aryl methyl sites for hydroxylation is 2. The summed E-state index contributed by atoms with van der Waals surface area (Å²) in [5.74, 6) is 0. The van der Waals surface area contributed by atoms with Crippen LogP contribution in [0.25, 0.3) is 10.2 Å². The first-order chi connectivity index (χ1) is 6.79. The van der Waals surface area contributed by atoms with E-state index in [0.29, 0.717) is 0 Å². The zero-order valence-electron chi connectivity index (χ0n) is 8.29. The first-order valence-electron chi connectivity index (χ1n) is 4.86. The second-order valence-electron chi connectivity index (χ2n) is 3.43. The highest BCUT2D eigenvalue weighted by Crippen LogP contribution is 2.22. The van der Waals surface area contributed by atoms with Crippen molar-refractivity contribution in [1.82, 2.24) is 4.98 Å². The van der Waals surface area contributed by atoms with Gasteiger partial charge in [0.2, 0.25) is 0 Å². The molecule has 0 fully saturated rings. The maximum absolute atomic E-state index is 5.48. The molecule has 1 heterocycles. The lowest BCUT2D eigenvalue weighted by Crippen LogP contribution is -1.99. The Hall–Kier alpha value is -0.930. The largest absolute Gasteiger partial charge is 0.330 e. The zero-order valence-corrected chi connectivity index (χ0v) is 9.10. The molecule has 0 unspecified atom stereocenters. The SMILES string of the molecule is Cc1nc2ccc(CCCN)cc2s1. The summed E-state index contributed by atoms with van der Waals surface area (Å²) in [7, 11) is 0. The van der Waals surface area contributed by atoms with Crippen LogP contribution in [0, 0.1) is 6.92 Å². The zero-order chi connectivity index (χ0) is 9.97. The third kappa shape index (κ3) is 1.94. The molecule has 0 atom stereocenters. The van der Waals surface area contributed by atoms with Crippen LogP contribution in [0.4, 0.5) is 0 Å². The Morgan fingerprint density at radius 2 is 2.29 bits per heavy atom. The Morgan fingerprint density at radius 3 is 3.07 bits per heavy atom. The Labute approximate surface area is 87.8 Å². The lowest BCUT2D eigenvalue weighted by atomic mass is 10.1. The lowest BCUT2D eigenvalue weighted by Gasteiger charge is -1.98. The maximum atomic E-state index is 5.48. The van der Waals surface area contributed by atoms with Crippen LogP contribution in [0.1, 0.15) is 17.0 Å². The minimum Gasteiger partial charge on any atom is -0.330 e. The van der Waals surface area contributed by atoms with Crippen molar-refractivity contribution in [2.24, 2.45) is 5.73 Å². The predicted molar refractivity (Wildman–Crippen MR) is 61.7 cm³/mol. The quantitative estimate of drug-likeness (QED) is 0.838. The third-order valence-corrected chi connectivity index (χ3v) is 3.16. The molecule has 0 amide bonds. The number of hydrogen-bond donors (Lipinski definition) is 1. The fraction of sp³-hybridized carbons (Fsp3) is 0.364. The van der Waals surface area contributed by atoms with Gasteiger partial charge in [-0.15, -0.1) is 11.3 Å². The van der Waals surface area contributed by atoms with Crippen LogP contribution in [0.5, 0.6) is 0 Å². The van der Waals surface area contributed by atoms with Crippen LogP contribution in [0.3, 0.4) is 0 Å². The van der Waals surface area contributed by atoms with Gasteiger partial charge >= 0.3 is 0 Å². The highest BCUT2D eigenvalue weighted by molar-refractivity contribution is 7.18. The van der Waals surface area contributed by atoms with Crippen molar-refractivity contribution in [1.29, 1.82) is 0 Å². The van der Waals surface area contributed by atoms with Gasteiger partial charge in [-0.25, -0.2) is 4.98 Å². The predicted octanol–water partition coefficient (Wildman–Crippen LogP) is 2.50. The molecular formula is C11H14N2S. The van der Waals surface area contributed by atoms with Crippen LogP contribution >= 0.6 is 11.3 Å². The van der Waals surface area contributed by atoms with Gasteiger partial charge in [0.1, 0.15) is 0 Å². The van der Waals surface area contributed by atoms with Crippen LogP contribution in [-0.4, -0.2) is 11.5 Å². The topological polar surface area (TPSA) is 38.9 Å². The molecule has 2 rings (SSSR count). The second-order valence-corrected chi connectivity index (χ2v) is 4.66. The average Bonchev–Trinajstić information content (AvgIpc) is 2.54. The van der Waals surface area contributed by atoms with E-state index in [2.05, 4.69) is 23.2 Å². The van der Waals surface area contributed by atoms with E-state index in [4.69, 9.17) is 5.73 Å². The molecule has 2 aromatic rings. The number of fused-ring (bicyclic) bond motifs is 1. The highest BCUT2D eigenvalue weighted by atomic mass is 32.1. The summed E-state index contributed by atoms with van der Waals surface area (Å²) >= 11 is 1.76. The molecule has 2 nitrogen and oxygen atoms in total. The van der Waals surface area contributed by atoms with Gasteiger partial charge in [0.15, 0.2) is 0 Å². The second kappa shape index (κ2) is 4.07. The molecule has 0 aliphatic heterocycles. The summed E-state index contributed by atoms with van der Waals surface area (Å²) in [6.07, 6.45) is 2.13. The summed E-state index contributed by atoms with van der Waals surface area (Å²) in [6, 6.07) is 6.48. The average molecular weight is 206 g/mol. The van der Waals surface area contributed by atoms with E-state index in [0.717, 1.165) is 29.9 Å². The van der Waals surface area contributed by atoms with Gasteiger partial charge in [-0.1, -0.05) is 6.07 Å². The molecule has 74 valence electrons. The summed E-state index contributed by atoms with van der Waals surface area (Å²) in [5.41, 5.74) is 7.97. The van der Waals surface area contributed by atoms with Crippen LogP contribution in [0.15, 0.2) is 18.2 Å². The summed E-state index contributed by atoms with van der Waals surface area (Å²) in [5, 5.41) is 1.14. The maximum Gasteiger partial charge on any atom is 0.0907 e. The van der Waals surface area contributed by atoms with E-state index in [1.165, 1.54) is 10.3 Å². The Balaban J connectivity index is 2.31. The van der Waals surface area contributed by atoms with Crippen molar-refractivity contribution in [3.63, 3.8) is 0 Å². The Morgan fingerprint density at radius 1 is 1.43 bits per heavy atom. The Bertz CT molecular complexity index is 434. The monoisotopic (exact) mass is 206 g/mol. The molecule has 3 heteroatoms. The number of nitrogens with zero attached hydrogens (tertiary/aromatic N) is 1. The van der Waals surface area contributed by atoms with Crippen LogP contribution in [-0.2, 0) is 6.42 Å². The summed E-state index contributed by atoms with van der Waals surface area (Å²) < 4.78 is 1.29. The molecule has 1 aromatic carbocycles. The van der Waals surface area contributed by atoms with Crippen molar-refractivity contribution in [2.45, 2.75) is 19.8 Å². The minimum absolute atomic E-state index is 0.764. The normalized spacial score (nSPS) is 11.0. The van der Waals surface area contributed by atoms with Crippen molar-refractivity contribution < 1.29 is 0 Å². The molecule has 1 aromatic heterocycles. The number of benzene rings is 1. The van der Waals surface area contributed by atoms with Gasteiger partial charge in [0.05, 0.1) is 15.2 Å². The minimum atomic E-state index is 0.764. The molecule has 0 aliphatic carbocycles. The third-order valence-electron chi connectivity index (χ3n) is 2.23. The summed E-state index contributed by atoms with van der Waals surface area (Å²) in [4.78, 5) is 4.43. The number of aromatic nitrogens is 1. The van der Waals surface area contributed by atoms with Crippen molar-refractivity contribution in [3.05, 3.63) is 28.8 Å². The van der Waals surface area contributed by atoms with Crippen molar-refractivity contribution >= 4 is 21.6 Å². The van der Waals surface area contributed by atoms with E-state index in [-0.39, 0.29) is 0 Å². The van der Waals surface area contributed by atoms with E-state index < -0.39 is 0 Å². The molecule has 14 heavy (non-hydrogen) atoms. The number of thiazole rings is 1. The molecule has 0 spiro atoms. The molecule has 0 saturated carbocycles. The number of hydrogen-bond acceptors (Lipinski definition) is 3. The molecule has 0 radical (unpaired) electrons. The highest BCUT2D eigenvalue weighted by Gasteiger charge is 2.00. The number of rotatable bonds is 3. The first-order valence-corrected chi connectivity index (χ1v) is 5.67. The van der Waals surface area contributed by atoms with Crippen molar-refractivity contribution in [3.8, 4) is 0 Å².